The zero-order valence-electron chi connectivity index (χ0n) is 14.0. The molecule has 0 amide bonds. The van der Waals surface area contributed by atoms with E-state index in [2.05, 4.69) is 6.07 Å². The Hall–Kier alpha value is -1.94. The first-order chi connectivity index (χ1) is 12.4. The van der Waals surface area contributed by atoms with E-state index in [1.165, 1.54) is 48.5 Å². The molecular formula is C19H17ClFNO3S. The van der Waals surface area contributed by atoms with Crippen molar-refractivity contribution < 1.29 is 17.5 Å². The van der Waals surface area contributed by atoms with Crippen LogP contribution in [0.3, 0.4) is 0 Å². The molecule has 2 aromatic carbocycles. The minimum atomic E-state index is -3.79. The van der Waals surface area contributed by atoms with Crippen molar-refractivity contribution in [1.29, 1.82) is 5.26 Å². The van der Waals surface area contributed by atoms with Gasteiger partial charge in [-0.25, -0.2) is 12.8 Å². The van der Waals surface area contributed by atoms with Crippen molar-refractivity contribution >= 4 is 21.4 Å². The summed E-state index contributed by atoms with van der Waals surface area (Å²) in [5.41, 5.74) is -0.595. The number of hydrogen-bond acceptors (Lipinski definition) is 4. The first-order valence-corrected chi connectivity index (χ1v) is 10.0. The standard InChI is InChI=1S/C19H17ClFNO3S/c1-2-25-12-19(11-22)17(13-3-7-15(21)8-4-13)18(19)26(23,24)16-9-5-14(20)6-10-16/h3-10,17-18H,2,12H2,1H3/t17-,18-,19-/m1/s1. The summed E-state index contributed by atoms with van der Waals surface area (Å²) in [5.74, 6) is -1.00. The molecule has 136 valence electrons. The van der Waals surface area contributed by atoms with Gasteiger partial charge in [-0.2, -0.15) is 5.26 Å². The van der Waals surface area contributed by atoms with Gasteiger partial charge in [0.1, 0.15) is 11.2 Å². The zero-order chi connectivity index (χ0) is 18.9. The van der Waals surface area contributed by atoms with E-state index in [0.717, 1.165) is 0 Å². The number of nitrogens with zero attached hydrogens (tertiary/aromatic N) is 1. The second kappa shape index (κ2) is 6.99. The largest absolute Gasteiger partial charge is 0.380 e. The molecule has 1 fully saturated rings. The molecule has 2 aromatic rings. The van der Waals surface area contributed by atoms with Gasteiger partial charge in [0.05, 0.1) is 22.8 Å². The van der Waals surface area contributed by atoms with Gasteiger partial charge in [-0.3, -0.25) is 0 Å². The molecule has 0 N–H and O–H groups in total. The van der Waals surface area contributed by atoms with Gasteiger partial charge in [-0.1, -0.05) is 23.7 Å². The SMILES string of the molecule is CCOC[C@]1(C#N)[C@H](c2ccc(F)cc2)[C@H]1S(=O)(=O)c1ccc(Cl)cc1. The number of sulfone groups is 1. The molecule has 1 aliphatic rings. The molecule has 7 heteroatoms. The van der Waals surface area contributed by atoms with Crippen LogP contribution in [0.25, 0.3) is 0 Å². The number of hydrogen-bond donors (Lipinski definition) is 0. The molecule has 0 aliphatic heterocycles. The molecule has 0 aromatic heterocycles. The number of rotatable bonds is 6. The first-order valence-electron chi connectivity index (χ1n) is 8.10. The van der Waals surface area contributed by atoms with Crippen LogP contribution in [0.2, 0.25) is 5.02 Å². The Labute approximate surface area is 157 Å². The van der Waals surface area contributed by atoms with Gasteiger partial charge in [0.25, 0.3) is 0 Å². The van der Waals surface area contributed by atoms with Gasteiger partial charge in [0.15, 0.2) is 9.84 Å². The first kappa shape index (κ1) is 18.8. The van der Waals surface area contributed by atoms with Crippen LogP contribution in [0.5, 0.6) is 0 Å². The highest BCUT2D eigenvalue weighted by Gasteiger charge is 2.72. The average molecular weight is 394 g/mol. The summed E-state index contributed by atoms with van der Waals surface area (Å²) in [4.78, 5) is 0.104. The predicted octanol–water partition coefficient (Wildman–Crippen LogP) is 3.97. The summed E-state index contributed by atoms with van der Waals surface area (Å²) >= 11 is 5.85. The molecule has 0 spiro atoms. The van der Waals surface area contributed by atoms with Gasteiger partial charge in [-0.05, 0) is 48.9 Å². The van der Waals surface area contributed by atoms with E-state index in [4.69, 9.17) is 16.3 Å². The highest BCUT2D eigenvalue weighted by Crippen LogP contribution is 2.63. The fraction of sp³-hybridized carbons (Fsp3) is 0.316. The maximum atomic E-state index is 13.3. The lowest BCUT2D eigenvalue weighted by Crippen LogP contribution is -2.19. The molecule has 3 rings (SSSR count). The van der Waals surface area contributed by atoms with E-state index in [9.17, 15) is 18.1 Å². The molecule has 26 heavy (non-hydrogen) atoms. The lowest BCUT2D eigenvalue weighted by Gasteiger charge is -2.09. The van der Waals surface area contributed by atoms with Gasteiger partial charge in [-0.15, -0.1) is 0 Å². The quantitative estimate of drug-likeness (QED) is 0.744. The van der Waals surface area contributed by atoms with Gasteiger partial charge in [0, 0.05) is 17.5 Å². The Kier molecular flexibility index (Phi) is 5.07. The molecule has 0 radical (unpaired) electrons. The Morgan fingerprint density at radius 3 is 2.35 bits per heavy atom. The topological polar surface area (TPSA) is 67.2 Å². The Morgan fingerprint density at radius 1 is 1.19 bits per heavy atom. The van der Waals surface area contributed by atoms with Crippen molar-refractivity contribution in [2.75, 3.05) is 13.2 Å². The lowest BCUT2D eigenvalue weighted by molar-refractivity contribution is 0.117. The fourth-order valence-corrected chi connectivity index (χ4v) is 5.82. The third-order valence-electron chi connectivity index (χ3n) is 4.72. The van der Waals surface area contributed by atoms with E-state index in [-0.39, 0.29) is 11.5 Å². The Bertz CT molecular complexity index is 938. The van der Waals surface area contributed by atoms with Crippen molar-refractivity contribution in [2.45, 2.75) is 23.0 Å². The predicted molar refractivity (Wildman–Crippen MR) is 96.1 cm³/mol. The molecule has 0 bridgehead atoms. The van der Waals surface area contributed by atoms with Crippen LogP contribution in [-0.2, 0) is 14.6 Å². The van der Waals surface area contributed by atoms with E-state index in [1.54, 1.807) is 6.92 Å². The third-order valence-corrected chi connectivity index (χ3v) is 7.26. The Balaban J connectivity index is 2.05. The minimum absolute atomic E-state index is 0.000467. The summed E-state index contributed by atoms with van der Waals surface area (Å²) in [6, 6.07) is 13.6. The van der Waals surface area contributed by atoms with E-state index < -0.39 is 32.2 Å². The summed E-state index contributed by atoms with van der Waals surface area (Å²) in [6.07, 6.45) is 0. The average Bonchev–Trinajstić information content (AvgIpc) is 3.31. The van der Waals surface area contributed by atoms with Crippen molar-refractivity contribution in [3.63, 3.8) is 0 Å². The molecule has 0 unspecified atom stereocenters. The van der Waals surface area contributed by atoms with E-state index in [1.807, 2.05) is 0 Å². The van der Waals surface area contributed by atoms with Crippen molar-refractivity contribution in [3.05, 3.63) is 64.9 Å². The second-order valence-electron chi connectivity index (χ2n) is 6.24. The van der Waals surface area contributed by atoms with Crippen molar-refractivity contribution in [1.82, 2.24) is 0 Å². The molecule has 4 nitrogen and oxygen atoms in total. The molecular weight excluding hydrogens is 377 g/mol. The number of halogens is 2. The van der Waals surface area contributed by atoms with Crippen molar-refractivity contribution in [3.8, 4) is 6.07 Å². The van der Waals surface area contributed by atoms with Crippen LogP contribution >= 0.6 is 11.6 Å². The molecule has 1 aliphatic carbocycles. The second-order valence-corrected chi connectivity index (χ2v) is 8.74. The number of benzene rings is 2. The highest BCUT2D eigenvalue weighted by atomic mass is 35.5. The monoisotopic (exact) mass is 393 g/mol. The van der Waals surface area contributed by atoms with Crippen LogP contribution in [0.1, 0.15) is 18.4 Å². The molecule has 3 atom stereocenters. The van der Waals surface area contributed by atoms with Gasteiger partial charge in [0.2, 0.25) is 0 Å². The maximum absolute atomic E-state index is 13.3. The van der Waals surface area contributed by atoms with E-state index in [0.29, 0.717) is 17.2 Å². The Morgan fingerprint density at radius 2 is 1.81 bits per heavy atom. The normalized spacial score (nSPS) is 24.8. The van der Waals surface area contributed by atoms with Crippen LogP contribution in [0, 0.1) is 22.6 Å². The highest BCUT2D eigenvalue weighted by molar-refractivity contribution is 7.92. The third kappa shape index (κ3) is 3.11. The summed E-state index contributed by atoms with van der Waals surface area (Å²) < 4.78 is 45.0. The molecule has 0 heterocycles. The van der Waals surface area contributed by atoms with Crippen molar-refractivity contribution in [2.24, 2.45) is 5.41 Å². The number of nitriles is 1. The van der Waals surface area contributed by atoms with Gasteiger partial charge < -0.3 is 4.74 Å². The van der Waals surface area contributed by atoms with Gasteiger partial charge >= 0.3 is 0 Å². The van der Waals surface area contributed by atoms with E-state index >= 15 is 0 Å². The summed E-state index contributed by atoms with van der Waals surface area (Å²) in [6.45, 7) is 2.15. The van der Waals surface area contributed by atoms with Crippen LogP contribution in [-0.4, -0.2) is 26.9 Å². The van der Waals surface area contributed by atoms with Crippen LogP contribution in [0.4, 0.5) is 4.39 Å². The smallest absolute Gasteiger partial charge is 0.183 e. The summed E-state index contributed by atoms with van der Waals surface area (Å²) in [7, 11) is -3.79. The fourth-order valence-electron chi connectivity index (χ4n) is 3.38. The maximum Gasteiger partial charge on any atom is 0.183 e. The summed E-state index contributed by atoms with van der Waals surface area (Å²) in [5, 5.41) is 9.27. The minimum Gasteiger partial charge on any atom is -0.380 e. The van der Waals surface area contributed by atoms with Crippen LogP contribution in [0.15, 0.2) is 53.4 Å². The van der Waals surface area contributed by atoms with Crippen LogP contribution < -0.4 is 0 Å². The zero-order valence-corrected chi connectivity index (χ0v) is 15.6. The molecule has 0 saturated heterocycles. The lowest BCUT2D eigenvalue weighted by atomic mass is 10.0. The number of ether oxygens (including phenoxy) is 1. The molecule has 1 saturated carbocycles.